The lowest BCUT2D eigenvalue weighted by atomic mass is 10.7. The minimum atomic E-state index is 0.571. The maximum atomic E-state index is 4.94. The molecule has 0 saturated heterocycles. The molecule has 0 aromatic carbocycles. The molecule has 2 nitrogen and oxygen atoms in total. The first kappa shape index (κ1) is 4.53. The lowest BCUT2D eigenvalue weighted by Crippen LogP contribution is -1.68. The molecule has 1 rings (SSSR count). The van der Waals surface area contributed by atoms with Crippen molar-refractivity contribution in [2.45, 2.75) is 0 Å². The lowest BCUT2D eigenvalue weighted by Gasteiger charge is -1.82. The highest BCUT2D eigenvalue weighted by molar-refractivity contribution is 6.08. The van der Waals surface area contributed by atoms with E-state index in [0.29, 0.717) is 5.88 Å². The quantitative estimate of drug-likeness (QED) is 0.593. The van der Waals surface area contributed by atoms with E-state index in [9.17, 15) is 0 Å². The topological polar surface area (TPSA) is 25.0 Å². The molecule has 0 unspecified atom stereocenters. The highest BCUT2D eigenvalue weighted by Crippen LogP contribution is 2.04. The summed E-state index contributed by atoms with van der Waals surface area (Å²) in [6, 6.07) is 3.53. The van der Waals surface area contributed by atoms with Crippen LogP contribution in [0.15, 0.2) is 18.3 Å². The van der Waals surface area contributed by atoms with E-state index in [1.807, 2.05) is 0 Å². The highest BCUT2D eigenvalue weighted by atomic mass is 35.5. The number of aromatic nitrogens is 1. The Morgan fingerprint density at radius 2 is 2.57 bits per heavy atom. The molecule has 0 spiro atoms. The van der Waals surface area contributed by atoms with Crippen molar-refractivity contribution in [3.05, 3.63) is 18.3 Å². The van der Waals surface area contributed by atoms with Gasteiger partial charge in [-0.3, -0.25) is 0 Å². The van der Waals surface area contributed by atoms with E-state index >= 15 is 0 Å². The van der Waals surface area contributed by atoms with Gasteiger partial charge in [0.15, 0.2) is 0 Å². The molecular weight excluding hydrogens is 114 g/mol. The van der Waals surface area contributed by atoms with Crippen molar-refractivity contribution in [1.29, 1.82) is 0 Å². The monoisotopic (exact) mass is 117 g/mol. The van der Waals surface area contributed by atoms with Crippen LogP contribution in [0.3, 0.4) is 0 Å². The minimum absolute atomic E-state index is 0.571. The van der Waals surface area contributed by atoms with Crippen molar-refractivity contribution < 1.29 is 4.29 Å². The summed E-state index contributed by atoms with van der Waals surface area (Å²) in [7, 11) is 0. The summed E-state index contributed by atoms with van der Waals surface area (Å²) >= 11 is 4.94. The smallest absolute Gasteiger partial charge is 0.215 e. The molecule has 1 aromatic rings. The van der Waals surface area contributed by atoms with Gasteiger partial charge in [0.2, 0.25) is 5.88 Å². The van der Waals surface area contributed by atoms with Crippen molar-refractivity contribution in [3.63, 3.8) is 0 Å². The standard InChI is InChI=1S/C4H4ClNO/c5-7-4-2-1-3-6-4/h1-3,6H. The van der Waals surface area contributed by atoms with Crippen LogP contribution in [0.1, 0.15) is 0 Å². The van der Waals surface area contributed by atoms with Gasteiger partial charge >= 0.3 is 0 Å². The zero-order chi connectivity index (χ0) is 5.11. The van der Waals surface area contributed by atoms with Gasteiger partial charge in [0.1, 0.15) is 11.9 Å². The summed E-state index contributed by atoms with van der Waals surface area (Å²) in [5.74, 6) is 0.571. The van der Waals surface area contributed by atoms with Crippen LogP contribution in [0.4, 0.5) is 0 Å². The number of hydrogen-bond donors (Lipinski definition) is 1. The Morgan fingerprint density at radius 3 is 2.86 bits per heavy atom. The van der Waals surface area contributed by atoms with E-state index in [-0.39, 0.29) is 0 Å². The second kappa shape index (κ2) is 1.89. The third kappa shape index (κ3) is 0.871. The average molecular weight is 118 g/mol. The fraction of sp³-hybridized carbons (Fsp3) is 0. The van der Waals surface area contributed by atoms with Crippen LogP contribution in [-0.4, -0.2) is 4.98 Å². The Bertz CT molecular complexity index is 126. The molecule has 0 bridgehead atoms. The fourth-order valence-corrected chi connectivity index (χ4v) is 0.458. The molecule has 1 aromatic heterocycles. The van der Waals surface area contributed by atoms with Gasteiger partial charge in [-0.2, -0.15) is 0 Å². The Balaban J connectivity index is 2.76. The number of rotatable bonds is 1. The maximum Gasteiger partial charge on any atom is 0.215 e. The zero-order valence-corrected chi connectivity index (χ0v) is 4.27. The van der Waals surface area contributed by atoms with Gasteiger partial charge in [0, 0.05) is 12.3 Å². The SMILES string of the molecule is ClOc1ccc[nH]1. The minimum Gasteiger partial charge on any atom is -0.367 e. The first-order valence-corrected chi connectivity index (χ1v) is 2.16. The van der Waals surface area contributed by atoms with Gasteiger partial charge in [-0.1, -0.05) is 0 Å². The second-order valence-electron chi connectivity index (χ2n) is 1.11. The van der Waals surface area contributed by atoms with Gasteiger partial charge in [-0.15, -0.1) is 0 Å². The largest absolute Gasteiger partial charge is 0.367 e. The summed E-state index contributed by atoms with van der Waals surface area (Å²) in [4.78, 5) is 2.73. The molecule has 1 N–H and O–H groups in total. The molecule has 3 heteroatoms. The molecule has 38 valence electrons. The highest BCUT2D eigenvalue weighted by Gasteiger charge is 1.84. The fourth-order valence-electron chi connectivity index (χ4n) is 0.362. The van der Waals surface area contributed by atoms with Crippen LogP contribution in [0.5, 0.6) is 5.88 Å². The number of aromatic amines is 1. The predicted molar refractivity (Wildman–Crippen MR) is 27.3 cm³/mol. The summed E-state index contributed by atoms with van der Waals surface area (Å²) in [5.41, 5.74) is 0. The average Bonchev–Trinajstić information content (AvgIpc) is 2.14. The molecule has 0 fully saturated rings. The van der Waals surface area contributed by atoms with Gasteiger partial charge in [-0.05, 0) is 6.07 Å². The van der Waals surface area contributed by atoms with E-state index in [1.54, 1.807) is 18.3 Å². The van der Waals surface area contributed by atoms with E-state index < -0.39 is 0 Å². The van der Waals surface area contributed by atoms with Crippen LogP contribution in [-0.2, 0) is 0 Å². The van der Waals surface area contributed by atoms with Crippen molar-refractivity contribution in [2.75, 3.05) is 0 Å². The molecule has 0 aliphatic heterocycles. The molecule has 1 heterocycles. The summed E-state index contributed by atoms with van der Waals surface area (Å²) in [6.07, 6.45) is 1.73. The van der Waals surface area contributed by atoms with Crippen molar-refractivity contribution in [2.24, 2.45) is 0 Å². The zero-order valence-electron chi connectivity index (χ0n) is 3.52. The Hall–Kier alpha value is -0.630. The molecule has 0 atom stereocenters. The van der Waals surface area contributed by atoms with Crippen molar-refractivity contribution in [3.8, 4) is 5.88 Å². The Morgan fingerprint density at radius 1 is 1.71 bits per heavy atom. The summed E-state index contributed by atoms with van der Waals surface area (Å²) in [5, 5.41) is 0. The van der Waals surface area contributed by atoms with E-state index in [1.165, 1.54) is 0 Å². The van der Waals surface area contributed by atoms with Crippen LogP contribution in [0, 0.1) is 0 Å². The second-order valence-corrected chi connectivity index (χ2v) is 1.27. The number of H-pyrrole nitrogens is 1. The molecular formula is C4H4ClNO. The summed E-state index contributed by atoms with van der Waals surface area (Å²) in [6.45, 7) is 0. The molecule has 0 aliphatic rings. The molecule has 0 saturated carbocycles. The van der Waals surface area contributed by atoms with Crippen LogP contribution in [0.25, 0.3) is 0 Å². The van der Waals surface area contributed by atoms with Crippen LogP contribution < -0.4 is 4.29 Å². The normalized spacial score (nSPS) is 8.71. The van der Waals surface area contributed by atoms with Crippen molar-refractivity contribution >= 4 is 11.9 Å². The van der Waals surface area contributed by atoms with Gasteiger partial charge in [0.25, 0.3) is 0 Å². The van der Waals surface area contributed by atoms with E-state index in [2.05, 4.69) is 9.27 Å². The number of nitrogens with one attached hydrogen (secondary N) is 1. The van der Waals surface area contributed by atoms with Crippen LogP contribution >= 0.6 is 11.9 Å². The van der Waals surface area contributed by atoms with E-state index in [0.717, 1.165) is 0 Å². The maximum absolute atomic E-state index is 4.94. The van der Waals surface area contributed by atoms with Gasteiger partial charge in [-0.25, -0.2) is 0 Å². The van der Waals surface area contributed by atoms with Gasteiger partial charge < -0.3 is 9.27 Å². The summed E-state index contributed by atoms with van der Waals surface area (Å²) < 4.78 is 4.27. The third-order valence-corrected chi connectivity index (χ3v) is 0.819. The van der Waals surface area contributed by atoms with Gasteiger partial charge in [0.05, 0.1) is 0 Å². The molecule has 0 aliphatic carbocycles. The first-order valence-electron chi connectivity index (χ1n) is 1.85. The lowest BCUT2D eigenvalue weighted by molar-refractivity contribution is 0.596. The molecule has 0 radical (unpaired) electrons. The first-order chi connectivity index (χ1) is 3.43. The van der Waals surface area contributed by atoms with E-state index in [4.69, 9.17) is 11.9 Å². The predicted octanol–water partition coefficient (Wildman–Crippen LogP) is 1.55. The molecule has 0 amide bonds. The van der Waals surface area contributed by atoms with Crippen molar-refractivity contribution in [1.82, 2.24) is 4.98 Å². The Kier molecular flexibility index (Phi) is 1.22. The number of hydrogen-bond acceptors (Lipinski definition) is 1. The van der Waals surface area contributed by atoms with Crippen LogP contribution in [0.2, 0.25) is 0 Å². The Labute approximate surface area is 46.2 Å². The third-order valence-electron chi connectivity index (χ3n) is 0.653. The number of halogens is 1. The molecule has 7 heavy (non-hydrogen) atoms.